The third kappa shape index (κ3) is 5.59. The van der Waals surface area contributed by atoms with Gasteiger partial charge in [0.05, 0.1) is 33.1 Å². The van der Waals surface area contributed by atoms with E-state index in [1.54, 1.807) is 52.5 Å². The number of amides is 2. The maximum absolute atomic E-state index is 13.8. The number of methoxy groups -OCH3 is 3. The van der Waals surface area contributed by atoms with Gasteiger partial charge in [-0.25, -0.2) is 0 Å². The van der Waals surface area contributed by atoms with Crippen LogP contribution in [0.5, 0.6) is 17.2 Å². The molecule has 242 valence electrons. The maximum Gasteiger partial charge on any atom is 0.250 e. The number of carbonyl (C=O) groups is 2. The number of piperidine rings is 1. The average molecular weight is 629 g/mol. The van der Waals surface area contributed by atoms with E-state index >= 15 is 0 Å². The molecule has 3 heterocycles. The first-order chi connectivity index (χ1) is 22.1. The van der Waals surface area contributed by atoms with E-state index in [4.69, 9.17) is 14.2 Å². The number of nitrogens with zero attached hydrogens (tertiary/aromatic N) is 2. The van der Waals surface area contributed by atoms with E-state index in [9.17, 15) is 19.2 Å². The molecule has 0 spiro atoms. The molecule has 3 aromatic rings. The molecule has 6 rings (SSSR count). The fourth-order valence-corrected chi connectivity index (χ4v) is 7.47. The Balaban J connectivity index is 1.35. The van der Waals surface area contributed by atoms with Crippen LogP contribution in [0.3, 0.4) is 0 Å². The number of pyridine rings is 1. The number of carbonyl (C=O) groups excluding carboxylic acids is 2. The SMILES string of the molecule is COc1cc2c(c(OC)c1OC)-c1ccc(N[C@H](C)C(=O)N3CC4CC(C3)c3cccc(=O)n3C4)c(=O)cc1[C@@H](NC(C)=O)CC2. The number of hydrogen-bond acceptors (Lipinski definition) is 8. The van der Waals surface area contributed by atoms with E-state index in [0.29, 0.717) is 60.9 Å². The number of aromatic nitrogens is 1. The highest BCUT2D eigenvalue weighted by molar-refractivity contribution is 5.86. The molecule has 2 aromatic carbocycles. The molecule has 2 bridgehead atoms. The molecule has 2 aliphatic heterocycles. The van der Waals surface area contributed by atoms with Crippen LogP contribution in [-0.4, -0.2) is 61.7 Å². The van der Waals surface area contributed by atoms with Gasteiger partial charge in [-0.1, -0.05) is 12.1 Å². The Morgan fingerprint density at radius 3 is 2.46 bits per heavy atom. The predicted octanol–water partition coefficient (Wildman–Crippen LogP) is 3.47. The molecule has 11 nitrogen and oxygen atoms in total. The fourth-order valence-electron chi connectivity index (χ4n) is 7.47. The minimum atomic E-state index is -0.677. The molecule has 2 amide bonds. The van der Waals surface area contributed by atoms with Gasteiger partial charge in [0.2, 0.25) is 23.0 Å². The quantitative estimate of drug-likeness (QED) is 0.407. The highest BCUT2D eigenvalue weighted by Crippen LogP contribution is 2.50. The largest absolute Gasteiger partial charge is 0.493 e. The molecule has 46 heavy (non-hydrogen) atoms. The van der Waals surface area contributed by atoms with Crippen LogP contribution >= 0.6 is 0 Å². The molecule has 1 fully saturated rings. The van der Waals surface area contributed by atoms with Gasteiger partial charge in [-0.2, -0.15) is 0 Å². The Morgan fingerprint density at radius 1 is 0.957 bits per heavy atom. The lowest BCUT2D eigenvalue weighted by Crippen LogP contribution is -2.52. The van der Waals surface area contributed by atoms with E-state index in [1.165, 1.54) is 6.92 Å². The van der Waals surface area contributed by atoms with E-state index in [-0.39, 0.29) is 40.3 Å². The number of hydrogen-bond donors (Lipinski definition) is 2. The van der Waals surface area contributed by atoms with Crippen LogP contribution < -0.4 is 35.8 Å². The molecule has 0 radical (unpaired) electrons. The molecular formula is C35H40N4O7. The third-order valence-corrected chi connectivity index (χ3v) is 9.45. The Labute approximate surface area is 267 Å². The van der Waals surface area contributed by atoms with E-state index in [1.807, 2.05) is 27.7 Å². The van der Waals surface area contributed by atoms with Crippen molar-refractivity contribution in [2.75, 3.05) is 39.7 Å². The Kier molecular flexibility index (Phi) is 8.50. The van der Waals surface area contributed by atoms with Crippen molar-refractivity contribution in [3.63, 3.8) is 0 Å². The predicted molar refractivity (Wildman–Crippen MR) is 174 cm³/mol. The molecular weight excluding hydrogens is 588 g/mol. The van der Waals surface area contributed by atoms with Crippen molar-refractivity contribution in [3.05, 3.63) is 79.9 Å². The van der Waals surface area contributed by atoms with Crippen LogP contribution in [-0.2, 0) is 22.6 Å². The van der Waals surface area contributed by atoms with Gasteiger partial charge in [-0.15, -0.1) is 0 Å². The number of rotatable bonds is 7. The molecule has 1 saturated heterocycles. The maximum atomic E-state index is 13.8. The lowest BCUT2D eigenvalue weighted by atomic mass is 9.83. The summed E-state index contributed by atoms with van der Waals surface area (Å²) in [6.07, 6.45) is 2.08. The van der Waals surface area contributed by atoms with E-state index in [0.717, 1.165) is 23.2 Å². The van der Waals surface area contributed by atoms with Crippen molar-refractivity contribution in [1.82, 2.24) is 14.8 Å². The zero-order valence-electron chi connectivity index (χ0n) is 26.8. The van der Waals surface area contributed by atoms with Crippen molar-refractivity contribution < 1.29 is 23.8 Å². The van der Waals surface area contributed by atoms with Crippen molar-refractivity contribution in [1.29, 1.82) is 0 Å². The highest BCUT2D eigenvalue weighted by Gasteiger charge is 2.37. The molecule has 11 heteroatoms. The zero-order chi connectivity index (χ0) is 32.7. The fraction of sp³-hybridized carbons (Fsp3) is 0.429. The second kappa shape index (κ2) is 12.5. The zero-order valence-corrected chi connectivity index (χ0v) is 26.8. The smallest absolute Gasteiger partial charge is 0.250 e. The van der Waals surface area contributed by atoms with Crippen LogP contribution in [0.2, 0.25) is 0 Å². The number of anilines is 1. The van der Waals surface area contributed by atoms with Crippen LogP contribution in [0, 0.1) is 5.92 Å². The van der Waals surface area contributed by atoms with Crippen LogP contribution in [0.1, 0.15) is 55.5 Å². The second-order valence-corrected chi connectivity index (χ2v) is 12.4. The molecule has 3 aliphatic rings. The lowest BCUT2D eigenvalue weighted by Gasteiger charge is -2.43. The molecule has 2 unspecified atom stereocenters. The summed E-state index contributed by atoms with van der Waals surface area (Å²) in [5.41, 5.74) is 3.99. The van der Waals surface area contributed by atoms with Gasteiger partial charge in [-0.05, 0) is 73.1 Å². The van der Waals surface area contributed by atoms with Gasteiger partial charge < -0.3 is 34.3 Å². The van der Waals surface area contributed by atoms with Crippen molar-refractivity contribution in [2.45, 2.75) is 57.7 Å². The lowest BCUT2D eigenvalue weighted by molar-refractivity contribution is -0.134. The topological polar surface area (TPSA) is 128 Å². The number of benzene rings is 1. The van der Waals surface area contributed by atoms with Gasteiger partial charge in [0.25, 0.3) is 5.56 Å². The minimum absolute atomic E-state index is 0.00102. The Hall–Kier alpha value is -4.80. The minimum Gasteiger partial charge on any atom is -0.493 e. The van der Waals surface area contributed by atoms with Crippen molar-refractivity contribution in [3.8, 4) is 28.4 Å². The number of ether oxygens (including phenoxy) is 3. The molecule has 2 N–H and O–H groups in total. The summed E-state index contributed by atoms with van der Waals surface area (Å²) in [5.74, 6) is 1.40. The van der Waals surface area contributed by atoms with Crippen molar-refractivity contribution in [2.24, 2.45) is 5.92 Å². The summed E-state index contributed by atoms with van der Waals surface area (Å²) >= 11 is 0. The van der Waals surface area contributed by atoms with E-state index < -0.39 is 12.1 Å². The monoisotopic (exact) mass is 628 g/mol. The first-order valence-electron chi connectivity index (χ1n) is 15.7. The second-order valence-electron chi connectivity index (χ2n) is 12.4. The Morgan fingerprint density at radius 2 is 1.74 bits per heavy atom. The number of aryl methyl sites for hydroxylation is 1. The summed E-state index contributed by atoms with van der Waals surface area (Å²) in [6, 6.07) is 11.2. The standard InChI is InChI=1S/C35H40N4O7/c1-19(35(43)38-16-21-13-23(18-38)28-7-6-8-31(42)39(28)17-21)36-27-12-10-24-25(15-29(27)41)26(37-20(2)40)11-9-22-14-30(44-3)33(45-4)34(46-5)32(22)24/h6-8,10,12,14-15,19,21,23,26H,9,11,13,16-18H2,1-5H3,(H,36,41)(H,37,40)/t19-,21?,23?,26+/m1/s1. The van der Waals surface area contributed by atoms with E-state index in [2.05, 4.69) is 10.6 Å². The normalized spacial score (nSPS) is 20.2. The van der Waals surface area contributed by atoms with Crippen LogP contribution in [0.25, 0.3) is 11.1 Å². The summed E-state index contributed by atoms with van der Waals surface area (Å²) in [6.45, 7) is 4.89. The van der Waals surface area contributed by atoms with Gasteiger partial charge >= 0.3 is 0 Å². The first-order valence-corrected chi connectivity index (χ1v) is 15.7. The molecule has 4 atom stereocenters. The highest BCUT2D eigenvalue weighted by atomic mass is 16.5. The summed E-state index contributed by atoms with van der Waals surface area (Å²) < 4.78 is 19.0. The first kappa shape index (κ1) is 31.2. The van der Waals surface area contributed by atoms with Gasteiger partial charge in [0, 0.05) is 49.8 Å². The molecule has 1 aliphatic carbocycles. The number of nitrogens with one attached hydrogen (secondary N) is 2. The summed E-state index contributed by atoms with van der Waals surface area (Å²) in [7, 11) is 4.66. The molecule has 1 aromatic heterocycles. The van der Waals surface area contributed by atoms with Crippen LogP contribution in [0.4, 0.5) is 5.69 Å². The average Bonchev–Trinajstić information content (AvgIpc) is 3.28. The molecule has 0 saturated carbocycles. The number of fused-ring (bicyclic) bond motifs is 7. The summed E-state index contributed by atoms with van der Waals surface area (Å²) in [4.78, 5) is 54.1. The van der Waals surface area contributed by atoms with Gasteiger partial charge in [0.15, 0.2) is 11.5 Å². The van der Waals surface area contributed by atoms with Crippen LogP contribution in [0.15, 0.2) is 52.1 Å². The van der Waals surface area contributed by atoms with Crippen molar-refractivity contribution >= 4 is 17.5 Å². The van der Waals surface area contributed by atoms with Gasteiger partial charge in [0.1, 0.15) is 6.04 Å². The Bertz CT molecular complexity index is 1820. The van der Waals surface area contributed by atoms with Gasteiger partial charge in [-0.3, -0.25) is 19.2 Å². The number of likely N-dealkylation sites (tertiary alicyclic amines) is 1. The summed E-state index contributed by atoms with van der Waals surface area (Å²) in [5, 5.41) is 6.20. The third-order valence-electron chi connectivity index (χ3n) is 9.45.